The summed E-state index contributed by atoms with van der Waals surface area (Å²) in [6.07, 6.45) is 1.52. The average Bonchev–Trinajstić information content (AvgIpc) is 2.26. The quantitative estimate of drug-likeness (QED) is 0.580. The highest BCUT2D eigenvalue weighted by atomic mass is 16.5. The van der Waals surface area contributed by atoms with Crippen molar-refractivity contribution in [3.63, 3.8) is 0 Å². The first kappa shape index (κ1) is 11.0. The summed E-state index contributed by atoms with van der Waals surface area (Å²) in [6, 6.07) is 6.74. The lowest BCUT2D eigenvalue weighted by Crippen LogP contribution is -2.16. The molecule has 0 bridgehead atoms. The smallest absolute Gasteiger partial charge is 0.427 e. The number of carbonyl (C=O) groups excluding carboxylic acids is 1. The van der Waals surface area contributed by atoms with Gasteiger partial charge in [0.05, 0.1) is 7.11 Å². The van der Waals surface area contributed by atoms with Crippen molar-refractivity contribution in [2.75, 3.05) is 7.11 Å². The molecule has 15 heavy (non-hydrogen) atoms. The van der Waals surface area contributed by atoms with E-state index >= 15 is 0 Å². The zero-order valence-corrected chi connectivity index (χ0v) is 8.30. The van der Waals surface area contributed by atoms with Crippen molar-refractivity contribution < 1.29 is 14.6 Å². The number of methoxy groups -OCH3 is 1. The molecule has 5 heteroatoms. The van der Waals surface area contributed by atoms with Gasteiger partial charge in [-0.05, 0) is 17.7 Å². The largest absolute Gasteiger partial charge is 0.508 e. The Hall–Kier alpha value is -2.04. The number of hydrazone groups is 1. The average molecular weight is 208 g/mol. The molecule has 0 atom stereocenters. The number of amides is 1. The van der Waals surface area contributed by atoms with E-state index in [1.165, 1.54) is 7.11 Å². The van der Waals surface area contributed by atoms with E-state index in [0.29, 0.717) is 6.42 Å². The van der Waals surface area contributed by atoms with Crippen molar-refractivity contribution in [1.82, 2.24) is 5.43 Å². The third kappa shape index (κ3) is 4.12. The van der Waals surface area contributed by atoms with E-state index in [2.05, 4.69) is 15.3 Å². The van der Waals surface area contributed by atoms with Crippen LogP contribution in [0, 0.1) is 0 Å². The Labute approximate surface area is 87.4 Å². The fraction of sp³-hybridized carbons (Fsp3) is 0.200. The highest BCUT2D eigenvalue weighted by Crippen LogP contribution is 2.09. The molecule has 0 spiro atoms. The number of hydrogen-bond acceptors (Lipinski definition) is 4. The number of ether oxygens (including phenoxy) is 1. The van der Waals surface area contributed by atoms with E-state index in [-0.39, 0.29) is 5.75 Å². The zero-order chi connectivity index (χ0) is 11.1. The Kier molecular flexibility index (Phi) is 4.15. The van der Waals surface area contributed by atoms with Gasteiger partial charge in [-0.2, -0.15) is 5.10 Å². The van der Waals surface area contributed by atoms with E-state index in [1.54, 1.807) is 30.5 Å². The van der Waals surface area contributed by atoms with Crippen molar-refractivity contribution >= 4 is 12.3 Å². The van der Waals surface area contributed by atoms with Crippen LogP contribution < -0.4 is 5.43 Å². The molecule has 0 saturated heterocycles. The van der Waals surface area contributed by atoms with Crippen molar-refractivity contribution in [2.24, 2.45) is 5.10 Å². The van der Waals surface area contributed by atoms with Crippen molar-refractivity contribution in [3.8, 4) is 5.75 Å². The van der Waals surface area contributed by atoms with Gasteiger partial charge in [-0.3, -0.25) is 0 Å². The lowest BCUT2D eigenvalue weighted by atomic mass is 10.2. The lowest BCUT2D eigenvalue weighted by molar-refractivity contribution is 0.171. The lowest BCUT2D eigenvalue weighted by Gasteiger charge is -1.97. The van der Waals surface area contributed by atoms with E-state index < -0.39 is 6.09 Å². The first-order chi connectivity index (χ1) is 7.22. The maximum absolute atomic E-state index is 10.6. The maximum Gasteiger partial charge on any atom is 0.427 e. The minimum Gasteiger partial charge on any atom is -0.508 e. The molecule has 1 amide bonds. The summed E-state index contributed by atoms with van der Waals surface area (Å²) in [6.45, 7) is 0. The first-order valence-electron chi connectivity index (χ1n) is 4.36. The molecular weight excluding hydrogens is 196 g/mol. The molecule has 0 aliphatic carbocycles. The molecule has 80 valence electrons. The molecule has 0 fully saturated rings. The normalized spacial score (nSPS) is 10.2. The summed E-state index contributed by atoms with van der Waals surface area (Å²) in [5, 5.41) is 12.7. The van der Waals surface area contributed by atoms with Crippen molar-refractivity contribution in [1.29, 1.82) is 0 Å². The fourth-order valence-electron chi connectivity index (χ4n) is 0.927. The molecule has 1 rings (SSSR count). The van der Waals surface area contributed by atoms with Crippen LogP contribution in [0.1, 0.15) is 5.56 Å². The summed E-state index contributed by atoms with van der Waals surface area (Å²) in [7, 11) is 1.27. The Morgan fingerprint density at radius 2 is 2.20 bits per heavy atom. The third-order valence-corrected chi connectivity index (χ3v) is 1.70. The number of benzene rings is 1. The molecule has 0 aliphatic heterocycles. The van der Waals surface area contributed by atoms with Gasteiger partial charge >= 0.3 is 6.09 Å². The van der Waals surface area contributed by atoms with Crippen LogP contribution in [-0.2, 0) is 11.2 Å². The van der Waals surface area contributed by atoms with Gasteiger partial charge in [0, 0.05) is 12.6 Å². The molecule has 0 unspecified atom stereocenters. The van der Waals surface area contributed by atoms with Crippen LogP contribution in [0.25, 0.3) is 0 Å². The van der Waals surface area contributed by atoms with Crippen LogP contribution in [0.4, 0.5) is 4.79 Å². The van der Waals surface area contributed by atoms with Gasteiger partial charge in [0.25, 0.3) is 0 Å². The fourth-order valence-corrected chi connectivity index (χ4v) is 0.927. The maximum atomic E-state index is 10.6. The molecule has 2 N–H and O–H groups in total. The molecule has 0 heterocycles. The number of hydrogen-bond donors (Lipinski definition) is 2. The first-order valence-corrected chi connectivity index (χ1v) is 4.36. The molecule has 0 radical (unpaired) electrons. The summed E-state index contributed by atoms with van der Waals surface area (Å²) in [4.78, 5) is 10.6. The highest BCUT2D eigenvalue weighted by molar-refractivity contribution is 5.69. The van der Waals surface area contributed by atoms with Gasteiger partial charge in [0.1, 0.15) is 5.75 Å². The Morgan fingerprint density at radius 3 is 2.80 bits per heavy atom. The second-order valence-electron chi connectivity index (χ2n) is 2.79. The van der Waals surface area contributed by atoms with E-state index in [9.17, 15) is 4.79 Å². The molecular formula is C10H12N2O3. The molecule has 0 aromatic heterocycles. The highest BCUT2D eigenvalue weighted by Gasteiger charge is 1.93. The zero-order valence-electron chi connectivity index (χ0n) is 8.30. The van der Waals surface area contributed by atoms with Crippen molar-refractivity contribution in [3.05, 3.63) is 29.8 Å². The minimum absolute atomic E-state index is 0.225. The number of phenolic OH excluding ortho intramolecular Hbond substituents is 1. The van der Waals surface area contributed by atoms with E-state index in [0.717, 1.165) is 5.56 Å². The van der Waals surface area contributed by atoms with Crippen molar-refractivity contribution in [2.45, 2.75) is 6.42 Å². The second-order valence-corrected chi connectivity index (χ2v) is 2.79. The third-order valence-electron chi connectivity index (χ3n) is 1.70. The Morgan fingerprint density at radius 1 is 1.53 bits per heavy atom. The van der Waals surface area contributed by atoms with Crippen LogP contribution in [0.2, 0.25) is 0 Å². The number of nitrogens with one attached hydrogen (secondary N) is 1. The SMILES string of the molecule is COC(=O)NN=CCc1ccc(O)cc1. The molecule has 5 nitrogen and oxygen atoms in total. The van der Waals surface area contributed by atoms with Gasteiger partial charge in [0.2, 0.25) is 0 Å². The van der Waals surface area contributed by atoms with Crippen LogP contribution in [0.15, 0.2) is 29.4 Å². The summed E-state index contributed by atoms with van der Waals surface area (Å²) in [5.41, 5.74) is 3.16. The van der Waals surface area contributed by atoms with Crippen LogP contribution in [-0.4, -0.2) is 24.5 Å². The number of carbonyl (C=O) groups is 1. The number of phenols is 1. The Bertz CT molecular complexity index is 346. The van der Waals surface area contributed by atoms with Gasteiger partial charge in [-0.15, -0.1) is 0 Å². The van der Waals surface area contributed by atoms with Crippen LogP contribution >= 0.6 is 0 Å². The predicted octanol–water partition coefficient (Wildman–Crippen LogP) is 1.28. The summed E-state index contributed by atoms with van der Waals surface area (Å²) in [5.74, 6) is 0.225. The number of nitrogens with zero attached hydrogens (tertiary/aromatic N) is 1. The topological polar surface area (TPSA) is 70.9 Å². The van der Waals surface area contributed by atoms with Gasteiger partial charge in [0.15, 0.2) is 0 Å². The van der Waals surface area contributed by atoms with E-state index in [4.69, 9.17) is 5.11 Å². The Balaban J connectivity index is 2.37. The number of aromatic hydroxyl groups is 1. The van der Waals surface area contributed by atoms with Gasteiger partial charge in [-0.25, -0.2) is 10.2 Å². The molecule has 1 aromatic rings. The number of rotatable bonds is 3. The monoisotopic (exact) mass is 208 g/mol. The molecule has 1 aromatic carbocycles. The predicted molar refractivity (Wildman–Crippen MR) is 55.8 cm³/mol. The summed E-state index contributed by atoms with van der Waals surface area (Å²) < 4.78 is 4.32. The van der Waals surface area contributed by atoms with Gasteiger partial charge in [-0.1, -0.05) is 12.1 Å². The van der Waals surface area contributed by atoms with Gasteiger partial charge < -0.3 is 9.84 Å². The standard InChI is InChI=1S/C10H12N2O3/c1-15-10(14)12-11-7-6-8-2-4-9(13)5-3-8/h2-5,7,13H,6H2,1H3,(H,12,14). The summed E-state index contributed by atoms with van der Waals surface area (Å²) >= 11 is 0. The van der Waals surface area contributed by atoms with Crippen LogP contribution in [0.5, 0.6) is 5.75 Å². The van der Waals surface area contributed by atoms with E-state index in [1.807, 2.05) is 0 Å². The molecule has 0 aliphatic rings. The second kappa shape index (κ2) is 5.64. The minimum atomic E-state index is -0.600. The molecule has 0 saturated carbocycles. The van der Waals surface area contributed by atoms with Crippen LogP contribution in [0.3, 0.4) is 0 Å².